The highest BCUT2D eigenvalue weighted by atomic mass is 32.2. The molecule has 0 radical (unpaired) electrons. The van der Waals surface area contributed by atoms with Crippen LogP contribution in [-0.4, -0.2) is 50.8 Å². The smallest absolute Gasteiger partial charge is 0.245 e. The number of nitrogens with zero attached hydrogens (tertiary/aromatic N) is 2. The fourth-order valence-corrected chi connectivity index (χ4v) is 5.39. The SMILES string of the molecule is CN1CCCC2(CC1)CCN(S(=O)(=O)c1ccccc1F)CC2. The van der Waals surface area contributed by atoms with Crippen molar-refractivity contribution in [2.24, 2.45) is 5.41 Å². The Hall–Kier alpha value is -0.980. The first kappa shape index (κ1) is 16.9. The van der Waals surface area contributed by atoms with E-state index < -0.39 is 15.8 Å². The largest absolute Gasteiger partial charge is 0.306 e. The number of hydrogen-bond acceptors (Lipinski definition) is 3. The molecule has 4 nitrogen and oxygen atoms in total. The number of piperidine rings is 1. The lowest BCUT2D eigenvalue weighted by molar-refractivity contribution is 0.132. The van der Waals surface area contributed by atoms with Crippen LogP contribution in [0.1, 0.15) is 32.1 Å². The minimum atomic E-state index is -3.72. The molecule has 0 N–H and O–H groups in total. The highest BCUT2D eigenvalue weighted by Gasteiger charge is 2.39. The zero-order valence-electron chi connectivity index (χ0n) is 13.7. The summed E-state index contributed by atoms with van der Waals surface area (Å²) in [6.45, 7) is 3.21. The number of rotatable bonds is 2. The molecule has 2 saturated heterocycles. The second-order valence-electron chi connectivity index (χ2n) is 6.99. The van der Waals surface area contributed by atoms with Crippen LogP contribution in [0.25, 0.3) is 0 Å². The lowest BCUT2D eigenvalue weighted by Gasteiger charge is -2.41. The molecule has 1 spiro atoms. The predicted molar refractivity (Wildman–Crippen MR) is 88.2 cm³/mol. The molecule has 1 aromatic carbocycles. The fraction of sp³-hybridized carbons (Fsp3) is 0.647. The maximum Gasteiger partial charge on any atom is 0.245 e. The van der Waals surface area contributed by atoms with Crippen LogP contribution in [0, 0.1) is 11.2 Å². The molecule has 2 heterocycles. The molecule has 6 heteroatoms. The number of benzene rings is 1. The molecular formula is C17H25FN2O2S. The Morgan fingerprint density at radius 2 is 1.65 bits per heavy atom. The van der Waals surface area contributed by atoms with Gasteiger partial charge in [-0.2, -0.15) is 4.31 Å². The first-order valence-electron chi connectivity index (χ1n) is 8.36. The third-order valence-electron chi connectivity index (χ3n) is 5.51. The van der Waals surface area contributed by atoms with Crippen molar-refractivity contribution in [3.05, 3.63) is 30.1 Å². The molecule has 0 aliphatic carbocycles. The summed E-state index contributed by atoms with van der Waals surface area (Å²) < 4.78 is 40.7. The van der Waals surface area contributed by atoms with Gasteiger partial charge >= 0.3 is 0 Å². The van der Waals surface area contributed by atoms with E-state index in [4.69, 9.17) is 0 Å². The molecule has 0 unspecified atom stereocenters. The molecule has 0 aromatic heterocycles. The van der Waals surface area contributed by atoms with Crippen LogP contribution in [0.5, 0.6) is 0 Å². The van der Waals surface area contributed by atoms with Crippen molar-refractivity contribution in [3.8, 4) is 0 Å². The molecule has 3 rings (SSSR count). The second-order valence-corrected chi connectivity index (χ2v) is 8.90. The van der Waals surface area contributed by atoms with Crippen LogP contribution >= 0.6 is 0 Å². The average molecular weight is 340 g/mol. The quantitative estimate of drug-likeness (QED) is 0.831. The summed E-state index contributed by atoms with van der Waals surface area (Å²) in [5.74, 6) is -0.663. The van der Waals surface area contributed by atoms with Crippen LogP contribution in [0.2, 0.25) is 0 Å². The topological polar surface area (TPSA) is 40.6 Å². The van der Waals surface area contributed by atoms with Crippen molar-refractivity contribution >= 4 is 10.0 Å². The zero-order chi connectivity index (χ0) is 16.5. The van der Waals surface area contributed by atoms with Gasteiger partial charge in [-0.25, -0.2) is 12.8 Å². The predicted octanol–water partition coefficient (Wildman–Crippen LogP) is 2.71. The summed E-state index contributed by atoms with van der Waals surface area (Å²) >= 11 is 0. The van der Waals surface area contributed by atoms with E-state index in [0.717, 1.165) is 32.4 Å². The van der Waals surface area contributed by atoms with E-state index in [1.807, 2.05) is 0 Å². The maximum absolute atomic E-state index is 13.9. The number of hydrogen-bond donors (Lipinski definition) is 0. The lowest BCUT2D eigenvalue weighted by Crippen LogP contribution is -2.43. The summed E-state index contributed by atoms with van der Waals surface area (Å²) in [5, 5.41) is 0. The van der Waals surface area contributed by atoms with Crippen molar-refractivity contribution in [3.63, 3.8) is 0 Å². The van der Waals surface area contributed by atoms with Crippen molar-refractivity contribution < 1.29 is 12.8 Å². The van der Waals surface area contributed by atoms with E-state index in [2.05, 4.69) is 11.9 Å². The van der Waals surface area contributed by atoms with Gasteiger partial charge in [0, 0.05) is 13.1 Å². The first-order chi connectivity index (χ1) is 10.9. The Morgan fingerprint density at radius 1 is 1.00 bits per heavy atom. The normalized spacial score (nSPS) is 23.7. The van der Waals surface area contributed by atoms with Crippen LogP contribution in [0.4, 0.5) is 4.39 Å². The van der Waals surface area contributed by atoms with Gasteiger partial charge in [-0.3, -0.25) is 0 Å². The fourth-order valence-electron chi connectivity index (χ4n) is 3.88. The molecule has 2 aliphatic heterocycles. The van der Waals surface area contributed by atoms with Gasteiger partial charge in [0.1, 0.15) is 10.7 Å². The first-order valence-corrected chi connectivity index (χ1v) is 9.80. The second kappa shape index (κ2) is 6.49. The van der Waals surface area contributed by atoms with Gasteiger partial charge in [0.25, 0.3) is 0 Å². The van der Waals surface area contributed by atoms with Crippen LogP contribution in [0.3, 0.4) is 0 Å². The molecule has 23 heavy (non-hydrogen) atoms. The van der Waals surface area contributed by atoms with Crippen LogP contribution in [-0.2, 0) is 10.0 Å². The van der Waals surface area contributed by atoms with Gasteiger partial charge in [0.15, 0.2) is 0 Å². The summed E-state index contributed by atoms with van der Waals surface area (Å²) in [6.07, 6.45) is 5.25. The molecule has 2 fully saturated rings. The Bertz CT molecular complexity index is 654. The Kier molecular flexibility index (Phi) is 4.76. The van der Waals surface area contributed by atoms with Gasteiger partial charge in [0.05, 0.1) is 0 Å². The number of sulfonamides is 1. The molecule has 128 valence electrons. The molecule has 0 atom stereocenters. The van der Waals surface area contributed by atoms with Gasteiger partial charge in [-0.15, -0.1) is 0 Å². The minimum Gasteiger partial charge on any atom is -0.306 e. The van der Waals surface area contributed by atoms with E-state index in [0.29, 0.717) is 13.1 Å². The third-order valence-corrected chi connectivity index (χ3v) is 7.44. The Morgan fingerprint density at radius 3 is 2.35 bits per heavy atom. The summed E-state index contributed by atoms with van der Waals surface area (Å²) in [6, 6.07) is 5.65. The van der Waals surface area contributed by atoms with Crippen molar-refractivity contribution in [1.29, 1.82) is 0 Å². The highest BCUT2D eigenvalue weighted by molar-refractivity contribution is 7.89. The highest BCUT2D eigenvalue weighted by Crippen LogP contribution is 2.42. The Balaban J connectivity index is 1.72. The standard InChI is InChI=1S/C17H25FN2O2S/c1-19-11-4-7-17(8-12-19)9-13-20(14-10-17)23(21,22)16-6-3-2-5-15(16)18/h2-3,5-6H,4,7-14H2,1H3. The number of halogens is 1. The van der Waals surface area contributed by atoms with E-state index in [1.165, 1.54) is 35.3 Å². The summed E-state index contributed by atoms with van der Waals surface area (Å²) in [5.41, 5.74) is 0.270. The van der Waals surface area contributed by atoms with Crippen LogP contribution < -0.4 is 0 Å². The average Bonchev–Trinajstić information content (AvgIpc) is 2.70. The zero-order valence-corrected chi connectivity index (χ0v) is 14.5. The van der Waals surface area contributed by atoms with Gasteiger partial charge in [-0.1, -0.05) is 12.1 Å². The minimum absolute atomic E-state index is 0.198. The summed E-state index contributed by atoms with van der Waals surface area (Å²) in [7, 11) is -1.57. The third kappa shape index (κ3) is 3.44. The Labute approximate surface area is 138 Å². The molecule has 0 amide bonds. The molecule has 0 bridgehead atoms. The van der Waals surface area contributed by atoms with Crippen LogP contribution in [0.15, 0.2) is 29.2 Å². The van der Waals surface area contributed by atoms with E-state index in [-0.39, 0.29) is 10.3 Å². The maximum atomic E-state index is 13.9. The molecular weight excluding hydrogens is 315 g/mol. The number of likely N-dealkylation sites (tertiary alicyclic amines) is 1. The van der Waals surface area contributed by atoms with E-state index in [1.54, 1.807) is 6.07 Å². The van der Waals surface area contributed by atoms with Crippen molar-refractivity contribution in [2.45, 2.75) is 37.0 Å². The van der Waals surface area contributed by atoms with Gasteiger partial charge < -0.3 is 4.90 Å². The summed E-state index contributed by atoms with van der Waals surface area (Å²) in [4.78, 5) is 2.16. The monoisotopic (exact) mass is 340 g/mol. The van der Waals surface area contributed by atoms with E-state index in [9.17, 15) is 12.8 Å². The molecule has 0 saturated carbocycles. The van der Waals surface area contributed by atoms with Gasteiger partial charge in [-0.05, 0) is 69.8 Å². The van der Waals surface area contributed by atoms with Crippen molar-refractivity contribution in [1.82, 2.24) is 9.21 Å². The molecule has 2 aliphatic rings. The van der Waals surface area contributed by atoms with Crippen molar-refractivity contribution in [2.75, 3.05) is 33.2 Å². The van der Waals surface area contributed by atoms with Gasteiger partial charge in [0.2, 0.25) is 10.0 Å². The van der Waals surface area contributed by atoms with E-state index >= 15 is 0 Å². The lowest BCUT2D eigenvalue weighted by atomic mass is 9.73. The molecule has 1 aromatic rings.